The molecular formula is C15H20N2O. The summed E-state index contributed by atoms with van der Waals surface area (Å²) in [5.41, 5.74) is 4.71. The molecule has 0 saturated carbocycles. The fraction of sp³-hybridized carbons (Fsp3) is 0.400. The second-order valence-electron chi connectivity index (χ2n) is 4.61. The first-order valence-corrected chi connectivity index (χ1v) is 6.27. The van der Waals surface area contributed by atoms with Crippen molar-refractivity contribution in [3.05, 3.63) is 41.1 Å². The van der Waals surface area contributed by atoms with E-state index in [0.717, 1.165) is 30.9 Å². The number of nitrogens with one attached hydrogen (secondary N) is 1. The summed E-state index contributed by atoms with van der Waals surface area (Å²) in [4.78, 5) is 4.57. The molecule has 0 bridgehead atoms. The maximum atomic E-state index is 5.04. The van der Waals surface area contributed by atoms with Crippen molar-refractivity contribution < 1.29 is 4.74 Å². The highest BCUT2D eigenvalue weighted by atomic mass is 16.5. The number of fused-ring (bicyclic) bond motifs is 1. The smallest absolute Gasteiger partial charge is 0.0708 e. The van der Waals surface area contributed by atoms with Crippen molar-refractivity contribution in [1.82, 2.24) is 10.3 Å². The predicted octanol–water partition coefficient (Wildman–Crippen LogP) is 2.59. The molecule has 0 aliphatic rings. The van der Waals surface area contributed by atoms with Crippen molar-refractivity contribution in [2.75, 3.05) is 20.3 Å². The lowest BCUT2D eigenvalue weighted by Gasteiger charge is -2.10. The maximum Gasteiger partial charge on any atom is 0.0708 e. The lowest BCUT2D eigenvalue weighted by atomic mass is 10.1. The summed E-state index contributed by atoms with van der Waals surface area (Å²) < 4.78 is 5.04. The molecule has 0 atom stereocenters. The van der Waals surface area contributed by atoms with Crippen LogP contribution >= 0.6 is 0 Å². The molecule has 1 N–H and O–H groups in total. The van der Waals surface area contributed by atoms with Crippen molar-refractivity contribution in [1.29, 1.82) is 0 Å². The van der Waals surface area contributed by atoms with Crippen LogP contribution in [0.25, 0.3) is 10.9 Å². The molecule has 2 rings (SSSR count). The van der Waals surface area contributed by atoms with Gasteiger partial charge in [0, 0.05) is 31.3 Å². The Morgan fingerprint density at radius 3 is 2.83 bits per heavy atom. The first-order chi connectivity index (χ1) is 8.70. The van der Waals surface area contributed by atoms with Gasteiger partial charge >= 0.3 is 0 Å². The van der Waals surface area contributed by atoms with E-state index in [4.69, 9.17) is 4.74 Å². The fourth-order valence-corrected chi connectivity index (χ4v) is 2.10. The zero-order valence-electron chi connectivity index (χ0n) is 11.3. The Hall–Kier alpha value is -1.45. The number of hydrogen-bond donors (Lipinski definition) is 1. The molecule has 0 saturated heterocycles. The third-order valence-electron chi connectivity index (χ3n) is 2.98. The molecule has 1 aromatic heterocycles. The quantitative estimate of drug-likeness (QED) is 0.821. The molecule has 0 amide bonds. The van der Waals surface area contributed by atoms with Gasteiger partial charge in [-0.15, -0.1) is 0 Å². The van der Waals surface area contributed by atoms with E-state index in [9.17, 15) is 0 Å². The molecule has 0 aliphatic heterocycles. The summed E-state index contributed by atoms with van der Waals surface area (Å²) in [7, 11) is 1.72. The minimum absolute atomic E-state index is 0.737. The number of hydrogen-bond acceptors (Lipinski definition) is 3. The highest BCUT2D eigenvalue weighted by Crippen LogP contribution is 2.19. The third kappa shape index (κ3) is 3.06. The highest BCUT2D eigenvalue weighted by Gasteiger charge is 2.04. The van der Waals surface area contributed by atoms with E-state index in [1.165, 1.54) is 16.5 Å². The summed E-state index contributed by atoms with van der Waals surface area (Å²) in [5.74, 6) is 0. The van der Waals surface area contributed by atoms with Crippen molar-refractivity contribution in [2.24, 2.45) is 0 Å². The van der Waals surface area contributed by atoms with Gasteiger partial charge in [-0.3, -0.25) is 4.98 Å². The molecule has 96 valence electrons. The predicted molar refractivity (Wildman–Crippen MR) is 74.8 cm³/mol. The summed E-state index contributed by atoms with van der Waals surface area (Å²) >= 11 is 0. The van der Waals surface area contributed by atoms with Gasteiger partial charge in [0.2, 0.25) is 0 Å². The second-order valence-corrected chi connectivity index (χ2v) is 4.61. The van der Waals surface area contributed by atoms with E-state index in [2.05, 4.69) is 41.5 Å². The van der Waals surface area contributed by atoms with Gasteiger partial charge in [0.1, 0.15) is 0 Å². The van der Waals surface area contributed by atoms with E-state index < -0.39 is 0 Å². The van der Waals surface area contributed by atoms with Gasteiger partial charge in [0.15, 0.2) is 0 Å². The van der Waals surface area contributed by atoms with Gasteiger partial charge in [-0.2, -0.15) is 0 Å². The molecule has 0 fully saturated rings. The zero-order valence-corrected chi connectivity index (χ0v) is 11.3. The van der Waals surface area contributed by atoms with Crippen LogP contribution in [0.5, 0.6) is 0 Å². The van der Waals surface area contributed by atoms with Crippen LogP contribution in [0, 0.1) is 13.8 Å². The summed E-state index contributed by atoms with van der Waals surface area (Å²) in [6.07, 6.45) is 0. The number of methoxy groups -OCH3 is 1. The monoisotopic (exact) mass is 244 g/mol. The van der Waals surface area contributed by atoms with E-state index in [1.807, 2.05) is 6.92 Å². The largest absolute Gasteiger partial charge is 0.383 e. The van der Waals surface area contributed by atoms with E-state index >= 15 is 0 Å². The summed E-state index contributed by atoms with van der Waals surface area (Å²) in [5, 5.41) is 4.63. The number of pyridine rings is 1. The van der Waals surface area contributed by atoms with Crippen LogP contribution < -0.4 is 5.32 Å². The maximum absolute atomic E-state index is 5.04. The Balaban J connectivity index is 2.27. The van der Waals surface area contributed by atoms with Gasteiger partial charge < -0.3 is 10.1 Å². The van der Waals surface area contributed by atoms with Crippen molar-refractivity contribution >= 4 is 10.9 Å². The zero-order chi connectivity index (χ0) is 13.0. The Labute approximate surface area is 108 Å². The SMILES string of the molecule is COCCNCc1cc(C)nc2ccc(C)cc12. The normalized spacial score (nSPS) is 11.1. The lowest BCUT2D eigenvalue weighted by Crippen LogP contribution is -2.18. The average molecular weight is 244 g/mol. The van der Waals surface area contributed by atoms with Gasteiger partial charge in [0.25, 0.3) is 0 Å². The number of aryl methyl sites for hydroxylation is 2. The first-order valence-electron chi connectivity index (χ1n) is 6.27. The van der Waals surface area contributed by atoms with Crippen molar-refractivity contribution in [3.63, 3.8) is 0 Å². The molecule has 0 unspecified atom stereocenters. The van der Waals surface area contributed by atoms with Crippen LogP contribution in [-0.2, 0) is 11.3 Å². The van der Waals surface area contributed by atoms with E-state index in [0.29, 0.717) is 0 Å². The number of ether oxygens (including phenoxy) is 1. The lowest BCUT2D eigenvalue weighted by molar-refractivity contribution is 0.199. The number of nitrogens with zero attached hydrogens (tertiary/aromatic N) is 1. The number of benzene rings is 1. The highest BCUT2D eigenvalue weighted by molar-refractivity contribution is 5.83. The third-order valence-corrected chi connectivity index (χ3v) is 2.98. The average Bonchev–Trinajstić information content (AvgIpc) is 2.35. The van der Waals surface area contributed by atoms with Crippen LogP contribution in [-0.4, -0.2) is 25.2 Å². The van der Waals surface area contributed by atoms with Crippen molar-refractivity contribution in [3.8, 4) is 0 Å². The Bertz CT molecular complexity index is 537. The molecule has 3 nitrogen and oxygen atoms in total. The standard InChI is InChI=1S/C15H20N2O/c1-11-4-5-15-14(8-11)13(9-12(2)17-15)10-16-6-7-18-3/h4-5,8-9,16H,6-7,10H2,1-3H3. The number of rotatable bonds is 5. The minimum atomic E-state index is 0.737. The molecule has 2 aromatic rings. The topological polar surface area (TPSA) is 34.1 Å². The number of aromatic nitrogens is 1. The van der Waals surface area contributed by atoms with Crippen LogP contribution in [0.3, 0.4) is 0 Å². The Morgan fingerprint density at radius 1 is 1.22 bits per heavy atom. The van der Waals surface area contributed by atoms with Crippen LogP contribution in [0.4, 0.5) is 0 Å². The Morgan fingerprint density at radius 2 is 2.06 bits per heavy atom. The van der Waals surface area contributed by atoms with Gasteiger partial charge in [-0.25, -0.2) is 0 Å². The van der Waals surface area contributed by atoms with Crippen LogP contribution in [0.15, 0.2) is 24.3 Å². The van der Waals surface area contributed by atoms with Gasteiger partial charge in [-0.1, -0.05) is 11.6 Å². The molecule has 0 aliphatic carbocycles. The Kier molecular flexibility index (Phi) is 4.28. The van der Waals surface area contributed by atoms with Crippen LogP contribution in [0.2, 0.25) is 0 Å². The fourth-order valence-electron chi connectivity index (χ4n) is 2.10. The molecular weight excluding hydrogens is 224 g/mol. The molecule has 1 heterocycles. The van der Waals surface area contributed by atoms with Crippen LogP contribution in [0.1, 0.15) is 16.8 Å². The summed E-state index contributed by atoms with van der Waals surface area (Å²) in [6, 6.07) is 8.56. The second kappa shape index (κ2) is 5.94. The van der Waals surface area contributed by atoms with Crippen molar-refractivity contribution in [2.45, 2.75) is 20.4 Å². The molecule has 0 radical (unpaired) electrons. The molecule has 0 spiro atoms. The summed E-state index contributed by atoms with van der Waals surface area (Å²) in [6.45, 7) is 6.61. The first kappa shape index (κ1) is 13.0. The van der Waals surface area contributed by atoms with E-state index in [1.54, 1.807) is 7.11 Å². The van der Waals surface area contributed by atoms with E-state index in [-0.39, 0.29) is 0 Å². The van der Waals surface area contributed by atoms with Gasteiger partial charge in [-0.05, 0) is 37.6 Å². The molecule has 3 heteroatoms. The minimum Gasteiger partial charge on any atom is -0.383 e. The van der Waals surface area contributed by atoms with Gasteiger partial charge in [0.05, 0.1) is 12.1 Å². The molecule has 18 heavy (non-hydrogen) atoms. The molecule has 1 aromatic carbocycles.